The highest BCUT2D eigenvalue weighted by Crippen LogP contribution is 2.47. The van der Waals surface area contributed by atoms with Crippen LogP contribution < -0.4 is 4.74 Å². The second-order valence-corrected chi connectivity index (χ2v) is 12.2. The molecule has 2 aromatic carbocycles. The van der Waals surface area contributed by atoms with E-state index in [-0.39, 0.29) is 17.5 Å². The van der Waals surface area contributed by atoms with Crippen molar-refractivity contribution in [3.05, 3.63) is 81.7 Å². The number of carbonyl (C=O) groups is 2. The Morgan fingerprint density at radius 1 is 1.00 bits per heavy atom. The van der Waals surface area contributed by atoms with Crippen LogP contribution in [0, 0.1) is 11.6 Å². The second kappa shape index (κ2) is 12.6. The van der Waals surface area contributed by atoms with Crippen LogP contribution in [-0.2, 0) is 19.4 Å². The molecular weight excluding hydrogens is 564 g/mol. The van der Waals surface area contributed by atoms with Crippen LogP contribution >= 0.6 is 0 Å². The summed E-state index contributed by atoms with van der Waals surface area (Å²) in [6.07, 6.45) is 5.78. The van der Waals surface area contributed by atoms with E-state index >= 15 is 0 Å². The summed E-state index contributed by atoms with van der Waals surface area (Å²) in [4.78, 5) is 34.4. The van der Waals surface area contributed by atoms with E-state index in [0.29, 0.717) is 61.0 Å². The van der Waals surface area contributed by atoms with Crippen molar-refractivity contribution < 1.29 is 28.2 Å². The molecule has 9 heteroatoms. The van der Waals surface area contributed by atoms with Crippen molar-refractivity contribution >= 4 is 11.9 Å². The van der Waals surface area contributed by atoms with Gasteiger partial charge in [-0.15, -0.1) is 0 Å². The topological polar surface area (TPSA) is 83.0 Å². The number of piperidine rings is 1. The highest BCUT2D eigenvalue weighted by atomic mass is 19.2. The molecule has 1 amide bonds. The highest BCUT2D eigenvalue weighted by Gasteiger charge is 2.35. The van der Waals surface area contributed by atoms with Crippen molar-refractivity contribution in [3.63, 3.8) is 0 Å². The molecule has 7 nitrogen and oxygen atoms in total. The molecule has 2 fully saturated rings. The van der Waals surface area contributed by atoms with Gasteiger partial charge in [0.25, 0.3) is 5.91 Å². The number of hydrogen-bond acceptors (Lipinski definition) is 5. The van der Waals surface area contributed by atoms with E-state index in [2.05, 4.69) is 16.0 Å². The Kier molecular flexibility index (Phi) is 8.67. The first-order valence-electron chi connectivity index (χ1n) is 15.8. The number of carboxylic acids is 1. The van der Waals surface area contributed by atoms with Gasteiger partial charge in [0.2, 0.25) is 0 Å². The summed E-state index contributed by atoms with van der Waals surface area (Å²) in [6, 6.07) is 9.87. The molecule has 2 aliphatic heterocycles. The summed E-state index contributed by atoms with van der Waals surface area (Å²) >= 11 is 0. The second-order valence-electron chi connectivity index (χ2n) is 12.2. The van der Waals surface area contributed by atoms with Crippen LogP contribution in [0.5, 0.6) is 5.75 Å². The molecule has 1 saturated heterocycles. The Balaban J connectivity index is 1.17. The fourth-order valence-electron chi connectivity index (χ4n) is 6.75. The van der Waals surface area contributed by atoms with Crippen molar-refractivity contribution in [2.45, 2.75) is 77.3 Å². The molecule has 1 aromatic heterocycles. The third-order valence-corrected chi connectivity index (χ3v) is 9.15. The molecule has 3 heterocycles. The van der Waals surface area contributed by atoms with Gasteiger partial charge in [-0.05, 0) is 92.0 Å². The maximum absolute atomic E-state index is 14.1. The van der Waals surface area contributed by atoms with Crippen LogP contribution in [0.15, 0.2) is 36.4 Å². The molecule has 3 aromatic rings. The monoisotopic (exact) mass is 603 g/mol. The molecule has 0 atom stereocenters. The Bertz CT molecular complexity index is 1580. The molecule has 3 aliphatic rings. The summed E-state index contributed by atoms with van der Waals surface area (Å²) in [5, 5.41) is 9.74. The van der Waals surface area contributed by atoms with Crippen molar-refractivity contribution in [1.29, 1.82) is 0 Å². The predicted molar refractivity (Wildman–Crippen MR) is 163 cm³/mol. The molecule has 0 bridgehead atoms. The maximum Gasteiger partial charge on any atom is 0.337 e. The largest absolute Gasteiger partial charge is 0.494 e. The first kappa shape index (κ1) is 30.2. The fraction of sp³-hybridized carbons (Fsp3) is 0.457. The number of ether oxygens (including phenoxy) is 1. The number of aromatic carboxylic acids is 1. The van der Waals surface area contributed by atoms with Gasteiger partial charge >= 0.3 is 5.97 Å². The number of carbonyl (C=O) groups excluding carboxylic acids is 1. The van der Waals surface area contributed by atoms with Gasteiger partial charge in [0.15, 0.2) is 11.6 Å². The van der Waals surface area contributed by atoms with Crippen molar-refractivity contribution in [2.24, 2.45) is 0 Å². The van der Waals surface area contributed by atoms with Crippen molar-refractivity contribution in [3.8, 4) is 16.9 Å². The van der Waals surface area contributed by atoms with Gasteiger partial charge in [0.1, 0.15) is 5.75 Å². The molecule has 44 heavy (non-hydrogen) atoms. The standard InChI is InChI=1S/C35H39F2N3O4/c1-3-5-31-28(35(42)43)18-27-32(38-31)12-15-40(34(27)41)24-10-13-39(14-11-24)20-23-16-25(21-6-7-21)26(19-33(23)44-4-2)22-8-9-29(36)30(37)17-22/h8-9,16-19,21,24H,3-7,10-15,20H2,1-2H3,(H,42,43). The fourth-order valence-corrected chi connectivity index (χ4v) is 6.75. The van der Waals surface area contributed by atoms with Crippen LogP contribution in [0.3, 0.4) is 0 Å². The number of hydrogen-bond donors (Lipinski definition) is 1. The average Bonchev–Trinajstić information content (AvgIpc) is 3.86. The minimum absolute atomic E-state index is 0.0830. The van der Waals surface area contributed by atoms with Crippen LogP contribution in [-0.4, -0.2) is 64.0 Å². The molecule has 1 saturated carbocycles. The quantitative estimate of drug-likeness (QED) is 0.281. The third kappa shape index (κ3) is 6.07. The van der Waals surface area contributed by atoms with Crippen LogP contribution in [0.4, 0.5) is 8.78 Å². The van der Waals surface area contributed by atoms with Crippen molar-refractivity contribution in [1.82, 2.24) is 14.8 Å². The van der Waals surface area contributed by atoms with Crippen LogP contribution in [0.1, 0.15) is 95.1 Å². The van der Waals surface area contributed by atoms with Crippen LogP contribution in [0.2, 0.25) is 0 Å². The summed E-state index contributed by atoms with van der Waals surface area (Å²) in [7, 11) is 0. The summed E-state index contributed by atoms with van der Waals surface area (Å²) in [6.45, 7) is 7.33. The number of aromatic nitrogens is 1. The van der Waals surface area contributed by atoms with Gasteiger partial charge in [-0.25, -0.2) is 13.6 Å². The molecular formula is C35H39F2N3O4. The SMILES string of the molecule is CCCc1nc2c(cc1C(=O)O)C(=O)N(C1CCN(Cc3cc(C4CC4)c(-c4ccc(F)c(F)c4)cc3OCC)CC1)CC2. The van der Waals surface area contributed by atoms with Gasteiger partial charge in [-0.2, -0.15) is 0 Å². The molecule has 1 N–H and O–H groups in total. The third-order valence-electron chi connectivity index (χ3n) is 9.15. The van der Waals surface area contributed by atoms with E-state index in [1.807, 2.05) is 24.8 Å². The number of benzene rings is 2. The lowest BCUT2D eigenvalue weighted by atomic mass is 9.93. The highest BCUT2D eigenvalue weighted by molar-refractivity contribution is 5.99. The number of amides is 1. The number of likely N-dealkylation sites (tertiary alicyclic amines) is 1. The molecule has 6 rings (SSSR count). The minimum Gasteiger partial charge on any atom is -0.494 e. The normalized spacial score (nSPS) is 17.5. The van der Waals surface area contributed by atoms with E-state index in [1.165, 1.54) is 18.2 Å². The lowest BCUT2D eigenvalue weighted by Crippen LogP contribution is -2.50. The number of carboxylic acid groups (broad SMARTS) is 1. The first-order chi connectivity index (χ1) is 21.3. The van der Waals surface area contributed by atoms with Gasteiger partial charge in [-0.1, -0.05) is 19.4 Å². The number of aryl methyl sites for hydroxylation is 1. The zero-order valence-corrected chi connectivity index (χ0v) is 25.4. The Morgan fingerprint density at radius 2 is 1.77 bits per heavy atom. The van der Waals surface area contributed by atoms with E-state index in [1.54, 1.807) is 6.07 Å². The molecule has 232 valence electrons. The Morgan fingerprint density at radius 3 is 2.43 bits per heavy atom. The number of fused-ring (bicyclic) bond motifs is 1. The van der Waals surface area contributed by atoms with Crippen molar-refractivity contribution in [2.75, 3.05) is 26.2 Å². The molecule has 0 radical (unpaired) electrons. The zero-order chi connectivity index (χ0) is 31.0. The Hall–Kier alpha value is -3.85. The number of pyridine rings is 1. The van der Waals surface area contributed by atoms with E-state index in [0.717, 1.165) is 67.6 Å². The maximum atomic E-state index is 14.1. The predicted octanol–water partition coefficient (Wildman–Crippen LogP) is 6.62. The van der Waals surface area contributed by atoms with E-state index in [4.69, 9.17) is 4.74 Å². The zero-order valence-electron chi connectivity index (χ0n) is 25.4. The molecule has 1 aliphatic carbocycles. The first-order valence-corrected chi connectivity index (χ1v) is 15.8. The lowest BCUT2D eigenvalue weighted by molar-refractivity contribution is 0.0543. The lowest BCUT2D eigenvalue weighted by Gasteiger charge is -2.40. The van der Waals surface area contributed by atoms with Crippen LogP contribution in [0.25, 0.3) is 11.1 Å². The summed E-state index contributed by atoms with van der Waals surface area (Å²) in [5.41, 5.74) is 5.59. The minimum atomic E-state index is -1.05. The summed E-state index contributed by atoms with van der Waals surface area (Å²) in [5.74, 6) is -1.72. The smallest absolute Gasteiger partial charge is 0.337 e. The average molecular weight is 604 g/mol. The van der Waals surface area contributed by atoms with Gasteiger partial charge in [0.05, 0.1) is 29.1 Å². The number of rotatable bonds is 10. The Labute approximate surface area is 256 Å². The van der Waals surface area contributed by atoms with Gasteiger partial charge in [-0.3, -0.25) is 14.7 Å². The van der Waals surface area contributed by atoms with E-state index in [9.17, 15) is 23.5 Å². The summed E-state index contributed by atoms with van der Waals surface area (Å²) < 4.78 is 33.9. The van der Waals surface area contributed by atoms with Gasteiger partial charge < -0.3 is 14.7 Å². The molecule has 0 unspecified atom stereocenters. The number of halogens is 2. The van der Waals surface area contributed by atoms with E-state index < -0.39 is 17.6 Å². The number of nitrogens with zero attached hydrogens (tertiary/aromatic N) is 3. The van der Waals surface area contributed by atoms with Gasteiger partial charge in [0, 0.05) is 44.2 Å². The molecule has 0 spiro atoms.